The number of fused-ring (bicyclic) bond motifs is 1. The zero-order chi connectivity index (χ0) is 21.7. The van der Waals surface area contributed by atoms with Gasteiger partial charge in [-0.2, -0.15) is 0 Å². The zero-order valence-corrected chi connectivity index (χ0v) is 18.8. The van der Waals surface area contributed by atoms with Crippen molar-refractivity contribution < 1.29 is 23.9 Å². The summed E-state index contributed by atoms with van der Waals surface area (Å²) in [5, 5.41) is 0. The second-order valence-electron chi connectivity index (χ2n) is 11.1. The summed E-state index contributed by atoms with van der Waals surface area (Å²) in [6.07, 6.45) is 5.43. The summed E-state index contributed by atoms with van der Waals surface area (Å²) < 4.78 is 11.1. The maximum Gasteiger partial charge on any atom is 0.309 e. The Morgan fingerprint density at radius 1 is 1.16 bits per heavy atom. The van der Waals surface area contributed by atoms with Crippen molar-refractivity contribution in [2.24, 2.45) is 40.4 Å². The van der Waals surface area contributed by atoms with E-state index in [1.165, 1.54) is 25.2 Å². The van der Waals surface area contributed by atoms with Crippen LogP contribution in [0.15, 0.2) is 11.1 Å². The third kappa shape index (κ3) is 2.20. The Hall–Kier alpha value is -1.69. The van der Waals surface area contributed by atoms with Crippen LogP contribution in [0.25, 0.3) is 0 Å². The minimum absolute atomic E-state index is 0.0370. The van der Waals surface area contributed by atoms with Gasteiger partial charge in [-0.05, 0) is 56.3 Å². The van der Waals surface area contributed by atoms with Crippen LogP contribution >= 0.6 is 0 Å². The maximum atomic E-state index is 14.6. The standard InChI is InChI=1S/C25H33NO5/c1-13-10-26-11-16-6-4-15-5-7-17-19(23(29)30-3)9-24(21(15)17)22(28)18(13)8-20(26)25(16,24)12-31-14(2)27/h13,16-20H,4-12H2,1-3H3. The largest absolute Gasteiger partial charge is 0.469 e. The van der Waals surface area contributed by atoms with Gasteiger partial charge in [-0.25, -0.2) is 0 Å². The molecule has 6 nitrogen and oxygen atoms in total. The van der Waals surface area contributed by atoms with Gasteiger partial charge in [-0.15, -0.1) is 0 Å². The van der Waals surface area contributed by atoms with E-state index in [1.54, 1.807) is 0 Å². The van der Waals surface area contributed by atoms with Gasteiger partial charge in [-0.3, -0.25) is 19.3 Å². The molecular formula is C25H33NO5. The zero-order valence-electron chi connectivity index (χ0n) is 18.8. The van der Waals surface area contributed by atoms with Crippen molar-refractivity contribution in [2.75, 3.05) is 26.8 Å². The number of carbonyl (C=O) groups excluding carboxylic acids is 3. The molecule has 1 spiro atoms. The van der Waals surface area contributed by atoms with Crippen LogP contribution in [0.4, 0.5) is 0 Å². The molecule has 4 aliphatic carbocycles. The van der Waals surface area contributed by atoms with Crippen LogP contribution in [0, 0.1) is 40.4 Å². The number of allylic oxidation sites excluding steroid dienone is 2. The highest BCUT2D eigenvalue weighted by Crippen LogP contribution is 2.75. The van der Waals surface area contributed by atoms with Crippen LogP contribution in [0.3, 0.4) is 0 Å². The van der Waals surface area contributed by atoms with E-state index in [-0.39, 0.29) is 35.7 Å². The number of piperidine rings is 1. The van der Waals surface area contributed by atoms with Gasteiger partial charge in [0.2, 0.25) is 0 Å². The normalized spacial score (nSPS) is 47.3. The second kappa shape index (κ2) is 6.43. The van der Waals surface area contributed by atoms with Crippen LogP contribution in [-0.2, 0) is 23.9 Å². The summed E-state index contributed by atoms with van der Waals surface area (Å²) >= 11 is 0. The first kappa shape index (κ1) is 20.0. The lowest BCUT2D eigenvalue weighted by molar-refractivity contribution is -0.175. The number of ether oxygens (including phenoxy) is 2. The highest BCUT2D eigenvalue weighted by Gasteiger charge is 2.78. The number of methoxy groups -OCH3 is 1. The Morgan fingerprint density at radius 2 is 1.94 bits per heavy atom. The molecule has 0 amide bonds. The van der Waals surface area contributed by atoms with Gasteiger partial charge >= 0.3 is 11.9 Å². The quantitative estimate of drug-likeness (QED) is 0.509. The first-order valence-electron chi connectivity index (χ1n) is 12.1. The van der Waals surface area contributed by atoms with Crippen molar-refractivity contribution >= 4 is 17.7 Å². The van der Waals surface area contributed by atoms with E-state index in [1.807, 2.05) is 0 Å². The van der Waals surface area contributed by atoms with Crippen molar-refractivity contribution in [2.45, 2.75) is 58.4 Å². The minimum Gasteiger partial charge on any atom is -0.469 e. The van der Waals surface area contributed by atoms with E-state index in [2.05, 4.69) is 11.8 Å². The molecule has 31 heavy (non-hydrogen) atoms. The van der Waals surface area contributed by atoms with E-state index in [0.29, 0.717) is 30.6 Å². The van der Waals surface area contributed by atoms with Gasteiger partial charge in [0, 0.05) is 37.4 Å². The number of esters is 2. The summed E-state index contributed by atoms with van der Waals surface area (Å²) in [6, 6.07) is 0.250. The summed E-state index contributed by atoms with van der Waals surface area (Å²) in [5.74, 6) is 0.435. The molecule has 168 valence electrons. The number of hydrogen-bond donors (Lipinski definition) is 0. The topological polar surface area (TPSA) is 72.9 Å². The predicted octanol–water partition coefficient (Wildman–Crippen LogP) is 2.75. The highest BCUT2D eigenvalue weighted by molar-refractivity contribution is 5.95. The van der Waals surface area contributed by atoms with Gasteiger partial charge in [-0.1, -0.05) is 18.1 Å². The van der Waals surface area contributed by atoms with Gasteiger partial charge in [0.25, 0.3) is 0 Å². The molecule has 6 heteroatoms. The van der Waals surface area contributed by atoms with Gasteiger partial charge in [0.15, 0.2) is 0 Å². The molecule has 2 bridgehead atoms. The number of ketones is 1. The molecule has 2 aliphatic heterocycles. The fourth-order valence-corrected chi connectivity index (χ4v) is 9.31. The highest BCUT2D eigenvalue weighted by atomic mass is 16.5. The molecule has 2 saturated heterocycles. The Bertz CT molecular complexity index is 910. The van der Waals surface area contributed by atoms with Crippen LogP contribution < -0.4 is 0 Å². The van der Waals surface area contributed by atoms with Crippen molar-refractivity contribution in [1.29, 1.82) is 0 Å². The van der Waals surface area contributed by atoms with E-state index in [4.69, 9.17) is 9.47 Å². The van der Waals surface area contributed by atoms with Gasteiger partial charge in [0.05, 0.1) is 25.0 Å². The third-order valence-electron chi connectivity index (χ3n) is 10.3. The van der Waals surface area contributed by atoms with E-state index >= 15 is 0 Å². The minimum atomic E-state index is -0.671. The Kier molecular flexibility index (Phi) is 4.14. The molecule has 0 radical (unpaired) electrons. The van der Waals surface area contributed by atoms with Crippen molar-refractivity contribution in [3.63, 3.8) is 0 Å². The Balaban J connectivity index is 1.61. The van der Waals surface area contributed by atoms with Crippen LogP contribution in [0.1, 0.15) is 52.4 Å². The summed E-state index contributed by atoms with van der Waals surface area (Å²) in [7, 11) is 1.46. The first-order chi connectivity index (χ1) is 14.8. The molecule has 2 saturated carbocycles. The smallest absolute Gasteiger partial charge is 0.309 e. The van der Waals surface area contributed by atoms with E-state index in [0.717, 1.165) is 45.2 Å². The van der Waals surface area contributed by atoms with Crippen LogP contribution in [-0.4, -0.2) is 55.5 Å². The van der Waals surface area contributed by atoms with Crippen molar-refractivity contribution in [1.82, 2.24) is 4.90 Å². The van der Waals surface area contributed by atoms with E-state index < -0.39 is 10.8 Å². The van der Waals surface area contributed by atoms with Crippen LogP contribution in [0.5, 0.6) is 0 Å². The average Bonchev–Trinajstić information content (AvgIpc) is 3.37. The average molecular weight is 428 g/mol. The monoisotopic (exact) mass is 427 g/mol. The molecule has 0 N–H and O–H groups in total. The molecule has 0 aromatic heterocycles. The molecule has 8 atom stereocenters. The molecule has 4 fully saturated rings. The fourth-order valence-electron chi connectivity index (χ4n) is 9.31. The number of hydrogen-bond acceptors (Lipinski definition) is 6. The molecule has 6 rings (SSSR count). The summed E-state index contributed by atoms with van der Waals surface area (Å²) in [5.41, 5.74) is 1.64. The number of Topliss-reactive ketones (excluding diaryl/α,β-unsaturated/α-hetero) is 1. The molecule has 8 unspecified atom stereocenters. The molecule has 2 heterocycles. The number of carbonyl (C=O) groups is 3. The molecule has 0 aromatic carbocycles. The second-order valence-corrected chi connectivity index (χ2v) is 11.1. The lowest BCUT2D eigenvalue weighted by atomic mass is 9.45. The van der Waals surface area contributed by atoms with Crippen LogP contribution in [0.2, 0.25) is 0 Å². The predicted molar refractivity (Wildman–Crippen MR) is 112 cm³/mol. The van der Waals surface area contributed by atoms with Gasteiger partial charge < -0.3 is 9.47 Å². The fraction of sp³-hybridized carbons (Fsp3) is 0.800. The molecular weight excluding hydrogens is 394 g/mol. The molecule has 6 aliphatic rings. The SMILES string of the molecule is COC(=O)C1CC23C(=O)C4CC5N(CC4C)CC(CCC4=C2C1CC4)C53COC(C)=O. The van der Waals surface area contributed by atoms with E-state index in [9.17, 15) is 14.4 Å². The lowest BCUT2D eigenvalue weighted by Gasteiger charge is -2.60. The summed E-state index contributed by atoms with van der Waals surface area (Å²) in [6.45, 7) is 5.92. The Morgan fingerprint density at radius 3 is 2.68 bits per heavy atom. The summed E-state index contributed by atoms with van der Waals surface area (Å²) in [4.78, 5) is 42.1. The maximum absolute atomic E-state index is 14.6. The number of nitrogens with zero attached hydrogens (tertiary/aromatic N) is 1. The van der Waals surface area contributed by atoms with Crippen molar-refractivity contribution in [3.8, 4) is 0 Å². The van der Waals surface area contributed by atoms with Gasteiger partial charge in [0.1, 0.15) is 5.78 Å². The van der Waals surface area contributed by atoms with Crippen molar-refractivity contribution in [3.05, 3.63) is 11.1 Å². The first-order valence-corrected chi connectivity index (χ1v) is 12.1. The molecule has 0 aromatic rings. The Labute approximate surface area is 183 Å². The third-order valence-corrected chi connectivity index (χ3v) is 10.3. The number of rotatable bonds is 3. The lowest BCUT2D eigenvalue weighted by Crippen LogP contribution is -2.67.